The van der Waals surface area contributed by atoms with Crippen LogP contribution in [0.15, 0.2) is 60.8 Å². The molecule has 8 nitrogen and oxygen atoms in total. The monoisotopic (exact) mass is 482 g/mol. The lowest BCUT2D eigenvalue weighted by atomic mass is 10.2. The molecule has 34 heavy (non-hydrogen) atoms. The molecule has 0 fully saturated rings. The van der Waals surface area contributed by atoms with Crippen LogP contribution in [0.25, 0.3) is 0 Å². The number of pyridine rings is 1. The number of nitrogens with one attached hydrogen (secondary N) is 2. The number of urea groups is 1. The predicted octanol–water partition coefficient (Wildman–Crippen LogP) is 5.24. The Hall–Kier alpha value is -4.42. The van der Waals surface area contributed by atoms with Crippen LogP contribution in [0.5, 0.6) is 17.2 Å². The van der Waals surface area contributed by atoms with Crippen molar-refractivity contribution in [2.45, 2.75) is 12.8 Å². The largest absolute Gasteiger partial charge is 0.457 e. The van der Waals surface area contributed by atoms with E-state index in [-0.39, 0.29) is 17.1 Å². The summed E-state index contributed by atoms with van der Waals surface area (Å²) in [6.45, 7) is -3.31. The first-order valence-corrected chi connectivity index (χ1v) is 9.29. The highest BCUT2D eigenvalue weighted by Gasteiger charge is 2.31. The third-order valence-electron chi connectivity index (χ3n) is 4.10. The van der Waals surface area contributed by atoms with Crippen molar-refractivity contribution in [2.24, 2.45) is 5.73 Å². The second-order valence-corrected chi connectivity index (χ2v) is 6.53. The lowest BCUT2D eigenvalue weighted by molar-refractivity contribution is -0.137. The third-order valence-corrected chi connectivity index (χ3v) is 4.10. The normalized spacial score (nSPS) is 11.1. The van der Waals surface area contributed by atoms with Crippen molar-refractivity contribution >= 4 is 23.3 Å². The van der Waals surface area contributed by atoms with Crippen LogP contribution in [0.4, 0.5) is 38.1 Å². The fourth-order valence-corrected chi connectivity index (χ4v) is 2.64. The zero-order valence-electron chi connectivity index (χ0n) is 16.9. The number of carbonyl (C=O) groups is 2. The molecule has 1 aromatic heterocycles. The molecular formula is C21H15F5N4O4. The van der Waals surface area contributed by atoms with Gasteiger partial charge in [0.1, 0.15) is 22.9 Å². The molecule has 0 bridgehead atoms. The summed E-state index contributed by atoms with van der Waals surface area (Å²) < 4.78 is 73.7. The molecule has 13 heteroatoms. The Labute approximate surface area is 188 Å². The van der Waals surface area contributed by atoms with Gasteiger partial charge >= 0.3 is 18.8 Å². The minimum atomic E-state index is -4.76. The quantitative estimate of drug-likeness (QED) is 0.399. The molecule has 0 aliphatic rings. The molecule has 0 aliphatic carbocycles. The van der Waals surface area contributed by atoms with E-state index in [1.54, 1.807) is 0 Å². The second kappa shape index (κ2) is 10.0. The molecule has 3 aromatic rings. The number of alkyl halides is 5. The average molecular weight is 482 g/mol. The van der Waals surface area contributed by atoms with Crippen LogP contribution in [0.1, 0.15) is 16.1 Å². The van der Waals surface area contributed by atoms with Gasteiger partial charge in [0, 0.05) is 18.0 Å². The summed E-state index contributed by atoms with van der Waals surface area (Å²) in [7, 11) is 0. The van der Waals surface area contributed by atoms with Crippen molar-refractivity contribution in [1.29, 1.82) is 0 Å². The van der Waals surface area contributed by atoms with Crippen LogP contribution >= 0.6 is 0 Å². The van der Waals surface area contributed by atoms with Crippen LogP contribution in [0.2, 0.25) is 0 Å². The van der Waals surface area contributed by atoms with E-state index in [9.17, 15) is 31.5 Å². The van der Waals surface area contributed by atoms with Crippen molar-refractivity contribution < 1.29 is 41.0 Å². The highest BCUT2D eigenvalue weighted by atomic mass is 19.4. The van der Waals surface area contributed by atoms with Crippen LogP contribution in [-0.4, -0.2) is 23.5 Å². The highest BCUT2D eigenvalue weighted by molar-refractivity contribution is 6.00. The SMILES string of the molecule is NC(=O)c1cc(Oc2ccc(NC(=O)Nc3cc(C(F)(F)F)ccc3OC(F)F)cc2)ccn1. The van der Waals surface area contributed by atoms with E-state index in [0.29, 0.717) is 23.9 Å². The van der Waals surface area contributed by atoms with Gasteiger partial charge in [0.25, 0.3) is 5.91 Å². The number of amides is 3. The first-order valence-electron chi connectivity index (χ1n) is 9.29. The highest BCUT2D eigenvalue weighted by Crippen LogP contribution is 2.35. The number of aromatic nitrogens is 1. The number of nitrogens with zero attached hydrogens (tertiary/aromatic N) is 1. The first kappa shape index (κ1) is 24.2. The fourth-order valence-electron chi connectivity index (χ4n) is 2.64. The Bertz CT molecular complexity index is 1190. The van der Waals surface area contributed by atoms with Gasteiger partial charge in [-0.15, -0.1) is 0 Å². The fraction of sp³-hybridized carbons (Fsp3) is 0.0952. The van der Waals surface area contributed by atoms with Gasteiger partial charge in [0.05, 0.1) is 11.3 Å². The maximum absolute atomic E-state index is 12.9. The topological polar surface area (TPSA) is 116 Å². The first-order chi connectivity index (χ1) is 16.0. The third kappa shape index (κ3) is 6.54. The van der Waals surface area contributed by atoms with E-state index in [1.807, 2.05) is 0 Å². The molecule has 0 saturated heterocycles. The molecular weight excluding hydrogens is 467 g/mol. The van der Waals surface area contributed by atoms with E-state index >= 15 is 0 Å². The maximum Gasteiger partial charge on any atom is 0.416 e. The zero-order valence-corrected chi connectivity index (χ0v) is 16.9. The Morgan fingerprint density at radius 1 is 0.941 bits per heavy atom. The number of carbonyl (C=O) groups excluding carboxylic acids is 2. The maximum atomic E-state index is 12.9. The molecule has 4 N–H and O–H groups in total. The van der Waals surface area contributed by atoms with Gasteiger partial charge < -0.3 is 25.8 Å². The number of benzene rings is 2. The van der Waals surface area contributed by atoms with Gasteiger partial charge in [-0.1, -0.05) is 0 Å². The Balaban J connectivity index is 1.69. The van der Waals surface area contributed by atoms with E-state index in [4.69, 9.17) is 10.5 Å². The molecule has 3 amide bonds. The van der Waals surface area contributed by atoms with Gasteiger partial charge in [-0.3, -0.25) is 9.78 Å². The molecule has 0 unspecified atom stereocenters. The van der Waals surface area contributed by atoms with Gasteiger partial charge in [-0.2, -0.15) is 22.0 Å². The lowest BCUT2D eigenvalue weighted by Crippen LogP contribution is -2.21. The summed E-state index contributed by atoms with van der Waals surface area (Å²) in [5.74, 6) is -0.787. The molecule has 0 radical (unpaired) electrons. The van der Waals surface area contributed by atoms with E-state index in [1.165, 1.54) is 42.6 Å². The van der Waals surface area contributed by atoms with E-state index in [2.05, 4.69) is 20.4 Å². The number of ether oxygens (including phenoxy) is 2. The second-order valence-electron chi connectivity index (χ2n) is 6.53. The number of hydrogen-bond acceptors (Lipinski definition) is 5. The number of halogens is 5. The number of rotatable bonds is 7. The summed E-state index contributed by atoms with van der Waals surface area (Å²) in [4.78, 5) is 27.2. The Morgan fingerprint density at radius 2 is 1.65 bits per heavy atom. The average Bonchev–Trinajstić information content (AvgIpc) is 2.75. The van der Waals surface area contributed by atoms with E-state index in [0.717, 1.165) is 0 Å². The summed E-state index contributed by atoms with van der Waals surface area (Å²) in [6.07, 6.45) is -3.44. The van der Waals surface area contributed by atoms with Crippen LogP contribution in [-0.2, 0) is 6.18 Å². The molecule has 0 saturated carbocycles. The lowest BCUT2D eigenvalue weighted by Gasteiger charge is -2.15. The molecule has 178 valence electrons. The minimum Gasteiger partial charge on any atom is -0.457 e. The van der Waals surface area contributed by atoms with Crippen molar-refractivity contribution in [2.75, 3.05) is 10.6 Å². The van der Waals surface area contributed by atoms with Crippen molar-refractivity contribution in [3.05, 3.63) is 72.1 Å². The van der Waals surface area contributed by atoms with Crippen LogP contribution in [0, 0.1) is 0 Å². The van der Waals surface area contributed by atoms with Crippen molar-refractivity contribution in [3.63, 3.8) is 0 Å². The summed E-state index contributed by atoms with van der Waals surface area (Å²) in [5.41, 5.74) is 3.60. The Morgan fingerprint density at radius 3 is 2.26 bits per heavy atom. The zero-order chi connectivity index (χ0) is 24.9. The number of hydrogen-bond donors (Lipinski definition) is 3. The molecule has 0 spiro atoms. The van der Waals surface area contributed by atoms with E-state index < -0.39 is 41.7 Å². The molecule has 3 rings (SSSR count). The smallest absolute Gasteiger partial charge is 0.416 e. The van der Waals surface area contributed by atoms with Crippen molar-refractivity contribution in [3.8, 4) is 17.2 Å². The molecule has 0 atom stereocenters. The van der Waals surface area contributed by atoms with Gasteiger partial charge in [-0.25, -0.2) is 4.79 Å². The van der Waals surface area contributed by atoms with Gasteiger partial charge in [0.15, 0.2) is 0 Å². The van der Waals surface area contributed by atoms with Crippen LogP contribution < -0.4 is 25.8 Å². The molecule has 2 aromatic carbocycles. The number of anilines is 2. The summed E-state index contributed by atoms with van der Waals surface area (Å²) >= 11 is 0. The Kier molecular flexibility index (Phi) is 7.14. The van der Waals surface area contributed by atoms with Crippen LogP contribution in [0.3, 0.4) is 0 Å². The predicted molar refractivity (Wildman–Crippen MR) is 110 cm³/mol. The molecule has 0 aliphatic heterocycles. The van der Waals surface area contributed by atoms with Gasteiger partial charge in [-0.05, 0) is 48.5 Å². The van der Waals surface area contributed by atoms with Gasteiger partial charge in [0.2, 0.25) is 0 Å². The molecule has 1 heterocycles. The number of primary amides is 1. The van der Waals surface area contributed by atoms with Crippen molar-refractivity contribution in [1.82, 2.24) is 4.98 Å². The summed E-state index contributed by atoms with van der Waals surface area (Å²) in [6, 6.07) is 9.24. The standard InChI is InChI=1S/C21H15F5N4O4/c22-19(23)34-17-6-1-11(21(24,25)26)9-15(17)30-20(32)29-12-2-4-13(5-3-12)33-14-7-8-28-16(10-14)18(27)31/h1-10,19H,(H2,27,31)(H2,29,30,32). The number of nitrogens with two attached hydrogens (primary N) is 1. The summed E-state index contributed by atoms with van der Waals surface area (Å²) in [5, 5.41) is 4.40. The minimum absolute atomic E-state index is 0.00255.